The van der Waals surface area contributed by atoms with Crippen LogP contribution in [0, 0.1) is 12.3 Å². The standard InChI is InChI=1S/C13H16N2O/c1-3-11(8-13(16)9-15-14)12-6-4-10(2)5-7-12/h4-7,9,11H,3,8H2,1-2H3/p+1/b13-9-. The number of allylic oxidation sites excluding steroid dienone is 1. The van der Waals surface area contributed by atoms with Gasteiger partial charge in [-0.05, 0) is 24.8 Å². The number of diazo groups is 1. The largest absolute Gasteiger partial charge is 0.505 e. The maximum Gasteiger partial charge on any atom is 0.387 e. The Morgan fingerprint density at radius 1 is 1.44 bits per heavy atom. The molecule has 3 heteroatoms. The first-order valence-corrected chi connectivity index (χ1v) is 5.46. The predicted octanol–water partition coefficient (Wildman–Crippen LogP) is 4.13. The summed E-state index contributed by atoms with van der Waals surface area (Å²) in [5.41, 5.74) is 2.43. The Hall–Kier alpha value is -1.82. The van der Waals surface area contributed by atoms with E-state index in [1.165, 1.54) is 11.1 Å². The van der Waals surface area contributed by atoms with Crippen molar-refractivity contribution < 1.29 is 5.11 Å². The van der Waals surface area contributed by atoms with Gasteiger partial charge in [0.25, 0.3) is 0 Å². The number of hydrogen-bond donors (Lipinski definition) is 1. The van der Waals surface area contributed by atoms with Crippen LogP contribution in [0.25, 0.3) is 4.98 Å². The zero-order valence-corrected chi connectivity index (χ0v) is 9.72. The van der Waals surface area contributed by atoms with Gasteiger partial charge < -0.3 is 5.11 Å². The van der Waals surface area contributed by atoms with Gasteiger partial charge in [0.05, 0.1) is 0 Å². The summed E-state index contributed by atoms with van der Waals surface area (Å²) in [6, 6.07) is 8.28. The summed E-state index contributed by atoms with van der Waals surface area (Å²) in [5.74, 6) is 0.369. The number of hydrogen-bond acceptors (Lipinski definition) is 2. The number of aryl methyl sites for hydroxylation is 1. The van der Waals surface area contributed by atoms with Gasteiger partial charge in [0.15, 0.2) is 10.7 Å². The minimum absolute atomic E-state index is 0.106. The SMILES string of the molecule is CCC(C/C(O)=C/[N+]#N)c1ccc(C)cc1. The van der Waals surface area contributed by atoms with Crippen molar-refractivity contribution in [1.82, 2.24) is 0 Å². The van der Waals surface area contributed by atoms with Crippen molar-refractivity contribution in [3.63, 3.8) is 0 Å². The van der Waals surface area contributed by atoms with Crippen LogP contribution >= 0.6 is 0 Å². The average Bonchev–Trinajstić information content (AvgIpc) is 2.27. The smallest absolute Gasteiger partial charge is 0.387 e. The highest BCUT2D eigenvalue weighted by Crippen LogP contribution is 2.26. The summed E-state index contributed by atoms with van der Waals surface area (Å²) in [7, 11) is 0. The van der Waals surface area contributed by atoms with Crippen LogP contribution < -0.4 is 0 Å². The molecule has 0 saturated carbocycles. The lowest BCUT2D eigenvalue weighted by Crippen LogP contribution is -1.99. The molecule has 0 fully saturated rings. The molecular formula is C13H17N2O+. The molecule has 1 unspecified atom stereocenters. The molecule has 1 N–H and O–H groups in total. The highest BCUT2D eigenvalue weighted by Gasteiger charge is 2.13. The quantitative estimate of drug-likeness (QED) is 0.608. The van der Waals surface area contributed by atoms with Crippen molar-refractivity contribution in [2.24, 2.45) is 0 Å². The lowest BCUT2D eigenvalue weighted by Gasteiger charge is -2.13. The number of benzene rings is 1. The normalized spacial score (nSPS) is 13.2. The average molecular weight is 217 g/mol. The summed E-state index contributed by atoms with van der Waals surface area (Å²) in [5, 5.41) is 17.8. The number of aliphatic hydroxyl groups excluding tert-OH is 1. The fraction of sp³-hybridized carbons (Fsp3) is 0.385. The number of aliphatic hydroxyl groups is 1. The van der Waals surface area contributed by atoms with Gasteiger partial charge in [0.1, 0.15) is 0 Å². The summed E-state index contributed by atoms with van der Waals surface area (Å²) in [6.07, 6.45) is 2.52. The molecule has 3 nitrogen and oxygen atoms in total. The third kappa shape index (κ3) is 3.39. The number of rotatable bonds is 4. The van der Waals surface area contributed by atoms with Crippen molar-refractivity contribution in [1.29, 1.82) is 5.39 Å². The summed E-state index contributed by atoms with van der Waals surface area (Å²) < 4.78 is 0. The Balaban J connectivity index is 2.79. The topological polar surface area (TPSA) is 48.4 Å². The molecule has 0 spiro atoms. The van der Waals surface area contributed by atoms with Gasteiger partial charge in [-0.2, -0.15) is 0 Å². The predicted molar refractivity (Wildman–Crippen MR) is 64.6 cm³/mol. The van der Waals surface area contributed by atoms with E-state index in [4.69, 9.17) is 5.39 Å². The highest BCUT2D eigenvalue weighted by atomic mass is 16.3. The molecule has 0 bridgehead atoms. The van der Waals surface area contributed by atoms with Gasteiger partial charge in [-0.1, -0.05) is 36.8 Å². The lowest BCUT2D eigenvalue weighted by atomic mass is 9.92. The van der Waals surface area contributed by atoms with E-state index < -0.39 is 0 Å². The van der Waals surface area contributed by atoms with E-state index in [-0.39, 0.29) is 11.7 Å². The molecule has 0 aliphatic carbocycles. The molecule has 16 heavy (non-hydrogen) atoms. The zero-order chi connectivity index (χ0) is 12.0. The van der Waals surface area contributed by atoms with Crippen LogP contribution in [-0.4, -0.2) is 5.11 Å². The zero-order valence-electron chi connectivity index (χ0n) is 9.72. The van der Waals surface area contributed by atoms with Gasteiger partial charge >= 0.3 is 6.20 Å². The number of nitrogens with zero attached hydrogens (tertiary/aromatic N) is 2. The Kier molecular flexibility index (Phi) is 4.53. The Labute approximate surface area is 96.1 Å². The van der Waals surface area contributed by atoms with E-state index in [9.17, 15) is 5.11 Å². The van der Waals surface area contributed by atoms with Crippen LogP contribution in [0.1, 0.15) is 36.8 Å². The molecule has 0 aliphatic heterocycles. The van der Waals surface area contributed by atoms with Crippen LogP contribution in [0.3, 0.4) is 0 Å². The fourth-order valence-electron chi connectivity index (χ4n) is 1.71. The molecule has 0 aromatic heterocycles. The molecule has 84 valence electrons. The molecule has 1 rings (SSSR count). The Morgan fingerprint density at radius 2 is 2.06 bits per heavy atom. The van der Waals surface area contributed by atoms with Gasteiger partial charge in [-0.25, -0.2) is 0 Å². The maximum absolute atomic E-state index is 9.47. The van der Waals surface area contributed by atoms with E-state index in [1.54, 1.807) is 0 Å². The van der Waals surface area contributed by atoms with E-state index in [1.807, 2.05) is 6.92 Å². The first kappa shape index (κ1) is 12.3. The van der Waals surface area contributed by atoms with E-state index in [0.717, 1.165) is 12.6 Å². The second kappa shape index (κ2) is 5.92. The van der Waals surface area contributed by atoms with Crippen molar-refractivity contribution in [2.75, 3.05) is 0 Å². The van der Waals surface area contributed by atoms with Crippen LogP contribution in [0.5, 0.6) is 0 Å². The first-order valence-electron chi connectivity index (χ1n) is 5.46. The van der Waals surface area contributed by atoms with E-state index >= 15 is 0 Å². The summed E-state index contributed by atoms with van der Waals surface area (Å²) in [6.45, 7) is 4.13. The molecule has 0 heterocycles. The van der Waals surface area contributed by atoms with Crippen molar-refractivity contribution in [3.05, 3.63) is 52.3 Å². The van der Waals surface area contributed by atoms with Crippen LogP contribution in [0.4, 0.5) is 0 Å². The van der Waals surface area contributed by atoms with Gasteiger partial charge in [-0.3, -0.25) is 0 Å². The molecule has 1 aromatic rings. The molecule has 0 saturated heterocycles. The maximum atomic E-state index is 9.47. The second-order valence-corrected chi connectivity index (χ2v) is 3.96. The van der Waals surface area contributed by atoms with Gasteiger partial charge in [0.2, 0.25) is 5.39 Å². The molecule has 1 atom stereocenters. The third-order valence-corrected chi connectivity index (χ3v) is 2.70. The van der Waals surface area contributed by atoms with Gasteiger partial charge in [0, 0.05) is 6.42 Å². The van der Waals surface area contributed by atoms with Crippen LogP contribution in [0.15, 0.2) is 36.2 Å². The van der Waals surface area contributed by atoms with E-state index in [0.29, 0.717) is 6.42 Å². The second-order valence-electron chi connectivity index (χ2n) is 3.96. The van der Waals surface area contributed by atoms with Crippen LogP contribution in [-0.2, 0) is 0 Å². The van der Waals surface area contributed by atoms with Crippen molar-refractivity contribution in [3.8, 4) is 0 Å². The van der Waals surface area contributed by atoms with E-state index in [2.05, 4.69) is 36.2 Å². The summed E-state index contributed by atoms with van der Waals surface area (Å²) in [4.78, 5) is 2.82. The minimum Gasteiger partial charge on any atom is -0.505 e. The first-order chi connectivity index (χ1) is 7.67. The van der Waals surface area contributed by atoms with Crippen molar-refractivity contribution >= 4 is 0 Å². The molecule has 1 aromatic carbocycles. The Bertz CT molecular complexity index is 401. The fourth-order valence-corrected chi connectivity index (χ4v) is 1.71. The Morgan fingerprint density at radius 3 is 2.56 bits per heavy atom. The molecular weight excluding hydrogens is 200 g/mol. The summed E-state index contributed by atoms with van der Waals surface area (Å²) >= 11 is 0. The molecule has 0 amide bonds. The van der Waals surface area contributed by atoms with Gasteiger partial charge in [-0.15, -0.1) is 0 Å². The third-order valence-electron chi connectivity index (χ3n) is 2.70. The monoisotopic (exact) mass is 217 g/mol. The molecule has 0 radical (unpaired) electrons. The molecule has 0 aliphatic rings. The van der Waals surface area contributed by atoms with Crippen LogP contribution in [0.2, 0.25) is 0 Å². The van der Waals surface area contributed by atoms with Crippen molar-refractivity contribution in [2.45, 2.75) is 32.6 Å². The minimum atomic E-state index is 0.106. The lowest BCUT2D eigenvalue weighted by molar-refractivity contribution is 0.371. The highest BCUT2D eigenvalue weighted by molar-refractivity contribution is 5.25.